The van der Waals surface area contributed by atoms with Crippen LogP contribution in [0.1, 0.15) is 16.9 Å². The first-order valence-corrected chi connectivity index (χ1v) is 5.74. The van der Waals surface area contributed by atoms with Gasteiger partial charge in [0.2, 0.25) is 0 Å². The van der Waals surface area contributed by atoms with Gasteiger partial charge in [0.15, 0.2) is 11.3 Å². The molecule has 94 valence electrons. The van der Waals surface area contributed by atoms with Crippen LogP contribution in [0.3, 0.4) is 0 Å². The quantitative estimate of drug-likeness (QED) is 0.773. The largest absolute Gasteiger partial charge is 0.476 e. The molecule has 1 aliphatic heterocycles. The number of nitrogens with zero attached hydrogens (tertiary/aromatic N) is 4. The Morgan fingerprint density at radius 3 is 3.00 bits per heavy atom. The van der Waals surface area contributed by atoms with E-state index in [0.717, 1.165) is 25.3 Å². The molecule has 1 saturated heterocycles. The van der Waals surface area contributed by atoms with E-state index in [9.17, 15) is 4.79 Å². The zero-order valence-electron chi connectivity index (χ0n) is 9.65. The predicted molar refractivity (Wildman–Crippen MR) is 64.8 cm³/mol. The number of nitrogens with two attached hydrogens (primary N) is 1. The summed E-state index contributed by atoms with van der Waals surface area (Å²) < 4.78 is 1.49. The van der Waals surface area contributed by atoms with Gasteiger partial charge in [-0.05, 0) is 18.6 Å². The summed E-state index contributed by atoms with van der Waals surface area (Å²) in [6.45, 7) is 1.65. The SMILES string of the molecule is N[C@@H]1CCN(c2ccc3nc(C(=O)O)cn3n2)C1. The van der Waals surface area contributed by atoms with Crippen molar-refractivity contribution in [3.8, 4) is 0 Å². The summed E-state index contributed by atoms with van der Waals surface area (Å²) >= 11 is 0. The molecule has 2 aromatic rings. The number of carboxylic acid groups (broad SMARTS) is 1. The lowest BCUT2D eigenvalue weighted by Gasteiger charge is -2.16. The molecule has 7 nitrogen and oxygen atoms in total. The third kappa shape index (κ3) is 1.78. The van der Waals surface area contributed by atoms with Gasteiger partial charge in [0.1, 0.15) is 5.82 Å². The molecule has 0 bridgehead atoms. The van der Waals surface area contributed by atoms with Crippen molar-refractivity contribution >= 4 is 17.4 Å². The van der Waals surface area contributed by atoms with Crippen molar-refractivity contribution < 1.29 is 9.90 Å². The van der Waals surface area contributed by atoms with Gasteiger partial charge in [0.05, 0.1) is 6.20 Å². The van der Waals surface area contributed by atoms with Gasteiger partial charge in [-0.2, -0.15) is 0 Å². The van der Waals surface area contributed by atoms with Gasteiger partial charge < -0.3 is 15.7 Å². The number of hydrogen-bond donors (Lipinski definition) is 2. The van der Waals surface area contributed by atoms with Gasteiger partial charge >= 0.3 is 5.97 Å². The summed E-state index contributed by atoms with van der Waals surface area (Å²) in [5.41, 5.74) is 6.38. The van der Waals surface area contributed by atoms with E-state index in [1.165, 1.54) is 10.7 Å². The third-order valence-electron chi connectivity index (χ3n) is 3.07. The molecule has 18 heavy (non-hydrogen) atoms. The fourth-order valence-corrected chi connectivity index (χ4v) is 2.14. The van der Waals surface area contributed by atoms with E-state index in [-0.39, 0.29) is 11.7 Å². The Bertz CT molecular complexity index is 608. The summed E-state index contributed by atoms with van der Waals surface area (Å²) in [6.07, 6.45) is 2.36. The van der Waals surface area contributed by atoms with Crippen LogP contribution in [0.2, 0.25) is 0 Å². The van der Waals surface area contributed by atoms with Crippen LogP contribution in [0.25, 0.3) is 5.65 Å². The normalized spacial score (nSPS) is 19.6. The van der Waals surface area contributed by atoms with Crippen molar-refractivity contribution in [1.29, 1.82) is 0 Å². The monoisotopic (exact) mass is 247 g/mol. The van der Waals surface area contributed by atoms with E-state index < -0.39 is 5.97 Å². The lowest BCUT2D eigenvalue weighted by molar-refractivity contribution is 0.0691. The topological polar surface area (TPSA) is 96.8 Å². The lowest BCUT2D eigenvalue weighted by Crippen LogP contribution is -2.27. The first-order chi connectivity index (χ1) is 8.63. The highest BCUT2D eigenvalue weighted by Crippen LogP contribution is 2.17. The number of anilines is 1. The predicted octanol–water partition coefficient (Wildman–Crippen LogP) is -0.0351. The van der Waals surface area contributed by atoms with E-state index in [1.54, 1.807) is 6.07 Å². The Hall–Kier alpha value is -2.15. The molecular weight excluding hydrogens is 234 g/mol. The molecule has 3 heterocycles. The molecule has 7 heteroatoms. The number of carbonyl (C=O) groups is 1. The molecule has 1 fully saturated rings. The van der Waals surface area contributed by atoms with Crippen LogP contribution in [-0.4, -0.2) is 44.8 Å². The number of aromatic nitrogens is 3. The van der Waals surface area contributed by atoms with E-state index in [1.807, 2.05) is 6.07 Å². The minimum absolute atomic E-state index is 0.00206. The van der Waals surface area contributed by atoms with E-state index >= 15 is 0 Å². The second-order valence-corrected chi connectivity index (χ2v) is 4.42. The summed E-state index contributed by atoms with van der Waals surface area (Å²) in [5.74, 6) is -0.255. The number of imidazole rings is 1. The van der Waals surface area contributed by atoms with E-state index in [0.29, 0.717) is 5.65 Å². The number of hydrogen-bond acceptors (Lipinski definition) is 5. The Kier molecular flexibility index (Phi) is 2.41. The Morgan fingerprint density at radius 1 is 1.50 bits per heavy atom. The number of carboxylic acids is 1. The summed E-state index contributed by atoms with van der Waals surface area (Å²) in [5, 5.41) is 13.2. The van der Waals surface area contributed by atoms with Crippen LogP contribution >= 0.6 is 0 Å². The highest BCUT2D eigenvalue weighted by molar-refractivity contribution is 5.86. The zero-order valence-corrected chi connectivity index (χ0v) is 9.65. The van der Waals surface area contributed by atoms with Crippen LogP contribution in [-0.2, 0) is 0 Å². The fourth-order valence-electron chi connectivity index (χ4n) is 2.14. The minimum atomic E-state index is -1.05. The molecule has 0 amide bonds. The maximum Gasteiger partial charge on any atom is 0.356 e. The molecule has 0 saturated carbocycles. The van der Waals surface area contributed by atoms with Gasteiger partial charge in [-0.3, -0.25) is 0 Å². The van der Waals surface area contributed by atoms with Crippen LogP contribution < -0.4 is 10.6 Å². The number of aromatic carboxylic acids is 1. The Morgan fingerprint density at radius 2 is 2.33 bits per heavy atom. The zero-order chi connectivity index (χ0) is 12.7. The summed E-state index contributed by atoms with van der Waals surface area (Å²) in [6, 6.07) is 3.78. The van der Waals surface area contributed by atoms with E-state index in [2.05, 4.69) is 15.0 Å². The molecular formula is C11H13N5O2. The fraction of sp³-hybridized carbons (Fsp3) is 0.364. The molecule has 0 aliphatic carbocycles. The molecule has 0 spiro atoms. The van der Waals surface area contributed by atoms with Gasteiger partial charge in [0.25, 0.3) is 0 Å². The molecule has 3 N–H and O–H groups in total. The highest BCUT2D eigenvalue weighted by Gasteiger charge is 2.21. The molecule has 0 radical (unpaired) electrons. The van der Waals surface area contributed by atoms with Gasteiger partial charge in [-0.15, -0.1) is 5.10 Å². The van der Waals surface area contributed by atoms with Crippen molar-refractivity contribution in [3.05, 3.63) is 24.0 Å². The molecule has 3 rings (SSSR count). The van der Waals surface area contributed by atoms with Crippen LogP contribution in [0.15, 0.2) is 18.3 Å². The Labute approximate surface area is 103 Å². The maximum absolute atomic E-state index is 10.8. The van der Waals surface area contributed by atoms with Crippen molar-refractivity contribution in [2.45, 2.75) is 12.5 Å². The van der Waals surface area contributed by atoms with E-state index in [4.69, 9.17) is 10.8 Å². The van der Waals surface area contributed by atoms with Crippen molar-refractivity contribution in [1.82, 2.24) is 14.6 Å². The van der Waals surface area contributed by atoms with Gasteiger partial charge in [-0.25, -0.2) is 14.3 Å². The summed E-state index contributed by atoms with van der Waals surface area (Å²) in [7, 11) is 0. The lowest BCUT2D eigenvalue weighted by atomic mass is 10.3. The smallest absolute Gasteiger partial charge is 0.356 e. The molecule has 2 aromatic heterocycles. The molecule has 0 unspecified atom stereocenters. The average Bonchev–Trinajstić information content (AvgIpc) is 2.93. The van der Waals surface area contributed by atoms with Crippen LogP contribution in [0, 0.1) is 0 Å². The highest BCUT2D eigenvalue weighted by atomic mass is 16.4. The summed E-state index contributed by atoms with van der Waals surface area (Å²) in [4.78, 5) is 16.9. The second-order valence-electron chi connectivity index (χ2n) is 4.42. The number of fused-ring (bicyclic) bond motifs is 1. The number of rotatable bonds is 2. The van der Waals surface area contributed by atoms with Crippen LogP contribution in [0.5, 0.6) is 0 Å². The van der Waals surface area contributed by atoms with Crippen molar-refractivity contribution in [2.24, 2.45) is 5.73 Å². The molecule has 0 aromatic carbocycles. The molecule has 1 aliphatic rings. The van der Waals surface area contributed by atoms with Gasteiger partial charge in [0, 0.05) is 19.1 Å². The first kappa shape index (κ1) is 11.0. The van der Waals surface area contributed by atoms with Crippen molar-refractivity contribution in [3.63, 3.8) is 0 Å². The average molecular weight is 247 g/mol. The second kappa shape index (κ2) is 3.95. The molecule has 1 atom stereocenters. The standard InChI is InChI=1S/C11H13N5O2/c12-7-3-4-15(5-7)10-2-1-9-13-8(11(17)18)6-16(9)14-10/h1-2,6-7H,3-5,12H2,(H,17,18)/t7-/m1/s1. The van der Waals surface area contributed by atoms with Crippen LogP contribution in [0.4, 0.5) is 5.82 Å². The van der Waals surface area contributed by atoms with Crippen molar-refractivity contribution in [2.75, 3.05) is 18.0 Å². The Balaban J connectivity index is 1.97. The van der Waals surface area contributed by atoms with Gasteiger partial charge in [-0.1, -0.05) is 0 Å². The third-order valence-corrected chi connectivity index (χ3v) is 3.07. The first-order valence-electron chi connectivity index (χ1n) is 5.74. The minimum Gasteiger partial charge on any atom is -0.476 e. The maximum atomic E-state index is 10.8.